The summed E-state index contributed by atoms with van der Waals surface area (Å²) in [6, 6.07) is 0. The molecule has 0 saturated carbocycles. The summed E-state index contributed by atoms with van der Waals surface area (Å²) in [5.41, 5.74) is -1.53. The molecule has 4 atom stereocenters. The van der Waals surface area contributed by atoms with Gasteiger partial charge in [0.2, 0.25) is 5.75 Å². The first-order chi connectivity index (χ1) is 8.99. The second-order valence-corrected chi connectivity index (χ2v) is 4.09. The molecule has 0 amide bonds. The van der Waals surface area contributed by atoms with Gasteiger partial charge in [-0.05, 0) is 0 Å². The van der Waals surface area contributed by atoms with Crippen molar-refractivity contribution in [3.8, 4) is 5.75 Å². The molecule has 106 valence electrons. The van der Waals surface area contributed by atoms with Crippen LogP contribution in [0, 0.1) is 0 Å². The molecule has 1 aromatic heterocycles. The highest BCUT2D eigenvalue weighted by Gasteiger charge is 2.43. The maximum atomic E-state index is 11.7. The number of rotatable bonds is 3. The minimum absolute atomic E-state index is 0.141. The third kappa shape index (κ3) is 2.28. The van der Waals surface area contributed by atoms with Crippen molar-refractivity contribution >= 4 is 0 Å². The molecule has 0 bridgehead atoms. The molecule has 0 radical (unpaired) electrons. The summed E-state index contributed by atoms with van der Waals surface area (Å²) in [5.74, 6) is -0.141. The largest absolute Gasteiger partial charge is 0.490 e. The van der Waals surface area contributed by atoms with Gasteiger partial charge in [0.25, 0.3) is 5.56 Å². The minimum atomic E-state index is -1.41. The number of nitrogens with zero attached hydrogens (tertiary/aromatic N) is 1. The molecular weight excluding hydrogens is 260 g/mol. The maximum absolute atomic E-state index is 11.7. The molecule has 1 fully saturated rings. The van der Waals surface area contributed by atoms with E-state index in [0.29, 0.717) is 0 Å². The van der Waals surface area contributed by atoms with Gasteiger partial charge in [-0.25, -0.2) is 4.79 Å². The van der Waals surface area contributed by atoms with Crippen LogP contribution in [0.25, 0.3) is 0 Å². The minimum Gasteiger partial charge on any atom is -0.490 e. The second kappa shape index (κ2) is 5.13. The number of hydrogen-bond acceptors (Lipinski definition) is 7. The average Bonchev–Trinajstić information content (AvgIpc) is 2.67. The van der Waals surface area contributed by atoms with Crippen LogP contribution in [-0.2, 0) is 4.74 Å². The Bertz CT molecular complexity index is 566. The van der Waals surface area contributed by atoms with Crippen LogP contribution in [0.15, 0.2) is 15.8 Å². The lowest BCUT2D eigenvalue weighted by atomic mass is 10.1. The predicted molar refractivity (Wildman–Crippen MR) is 60.9 cm³/mol. The third-order valence-electron chi connectivity index (χ3n) is 2.95. The summed E-state index contributed by atoms with van der Waals surface area (Å²) in [6.45, 7) is -0.510. The van der Waals surface area contributed by atoms with Crippen LogP contribution in [0.1, 0.15) is 6.23 Å². The molecule has 9 nitrogen and oxygen atoms in total. The Balaban J connectivity index is 2.43. The first-order valence-corrected chi connectivity index (χ1v) is 5.51. The van der Waals surface area contributed by atoms with Gasteiger partial charge < -0.3 is 24.8 Å². The van der Waals surface area contributed by atoms with Crippen molar-refractivity contribution in [3.05, 3.63) is 27.0 Å². The van der Waals surface area contributed by atoms with Gasteiger partial charge in [0, 0.05) is 0 Å². The second-order valence-electron chi connectivity index (χ2n) is 4.09. The SMILES string of the molecule is COc1cn([C@H]2O[C@@H](CO)[C@@H](O)[C@@H]2O)c(=O)[nH]c1=O. The highest BCUT2D eigenvalue weighted by Crippen LogP contribution is 2.28. The molecular formula is C10H14N2O7. The van der Waals surface area contributed by atoms with Crippen LogP contribution in [-0.4, -0.2) is 56.9 Å². The van der Waals surface area contributed by atoms with E-state index in [1.165, 1.54) is 7.11 Å². The molecule has 1 aliphatic rings. The lowest BCUT2D eigenvalue weighted by Crippen LogP contribution is -2.38. The molecule has 4 N–H and O–H groups in total. The Morgan fingerprint density at radius 2 is 2.11 bits per heavy atom. The van der Waals surface area contributed by atoms with E-state index in [1.807, 2.05) is 4.98 Å². The number of aliphatic hydroxyl groups excluding tert-OH is 3. The molecule has 1 saturated heterocycles. The van der Waals surface area contributed by atoms with Crippen molar-refractivity contribution < 1.29 is 24.8 Å². The van der Waals surface area contributed by atoms with Gasteiger partial charge >= 0.3 is 5.69 Å². The first kappa shape index (κ1) is 13.7. The molecule has 0 aliphatic carbocycles. The summed E-state index contributed by atoms with van der Waals surface area (Å²) in [7, 11) is 1.25. The molecule has 0 unspecified atom stereocenters. The standard InChI is InChI=1S/C10H14N2O7/c1-18-4-2-12(10(17)11-8(4)16)9-7(15)6(14)5(3-13)19-9/h2,5-7,9,13-15H,3H2,1H3,(H,11,16,17)/t5-,6+,7-,9-/m0/s1. The zero-order valence-corrected chi connectivity index (χ0v) is 10.0. The zero-order chi connectivity index (χ0) is 14.2. The van der Waals surface area contributed by atoms with Gasteiger partial charge in [-0.3, -0.25) is 14.3 Å². The van der Waals surface area contributed by atoms with Crippen LogP contribution in [0.2, 0.25) is 0 Å². The topological polar surface area (TPSA) is 134 Å². The van der Waals surface area contributed by atoms with Crippen LogP contribution in [0.5, 0.6) is 5.75 Å². The Hall–Kier alpha value is -1.68. The molecule has 0 aromatic carbocycles. The number of nitrogens with one attached hydrogen (secondary N) is 1. The fourth-order valence-electron chi connectivity index (χ4n) is 1.91. The molecule has 9 heteroatoms. The fourth-order valence-corrected chi connectivity index (χ4v) is 1.91. The van der Waals surface area contributed by atoms with Crippen molar-refractivity contribution in [3.63, 3.8) is 0 Å². The van der Waals surface area contributed by atoms with E-state index < -0.39 is 42.4 Å². The molecule has 0 spiro atoms. The summed E-state index contributed by atoms with van der Waals surface area (Å²) in [5, 5.41) is 28.4. The van der Waals surface area contributed by atoms with E-state index in [2.05, 4.69) is 0 Å². The van der Waals surface area contributed by atoms with Gasteiger partial charge in [-0.1, -0.05) is 0 Å². The Morgan fingerprint density at radius 1 is 1.42 bits per heavy atom. The summed E-state index contributed by atoms with van der Waals surface area (Å²) >= 11 is 0. The molecule has 19 heavy (non-hydrogen) atoms. The van der Waals surface area contributed by atoms with Crippen LogP contribution < -0.4 is 16.0 Å². The normalized spacial score (nSPS) is 30.5. The predicted octanol–water partition coefficient (Wildman–Crippen LogP) is -2.84. The van der Waals surface area contributed by atoms with E-state index >= 15 is 0 Å². The highest BCUT2D eigenvalue weighted by atomic mass is 16.6. The lowest BCUT2D eigenvalue weighted by Gasteiger charge is -2.17. The molecule has 2 rings (SSSR count). The summed E-state index contributed by atoms with van der Waals surface area (Å²) < 4.78 is 10.8. The van der Waals surface area contributed by atoms with Gasteiger partial charge in [0.1, 0.15) is 18.3 Å². The monoisotopic (exact) mass is 274 g/mol. The number of H-pyrrole nitrogens is 1. The van der Waals surface area contributed by atoms with Crippen LogP contribution in [0.3, 0.4) is 0 Å². The Morgan fingerprint density at radius 3 is 2.63 bits per heavy atom. The van der Waals surface area contributed by atoms with Crippen molar-refractivity contribution in [2.24, 2.45) is 0 Å². The van der Waals surface area contributed by atoms with Crippen molar-refractivity contribution in [1.29, 1.82) is 0 Å². The highest BCUT2D eigenvalue weighted by molar-refractivity contribution is 5.12. The number of hydrogen-bond donors (Lipinski definition) is 4. The van der Waals surface area contributed by atoms with Gasteiger partial charge in [-0.15, -0.1) is 0 Å². The number of aromatic amines is 1. The number of aromatic nitrogens is 2. The van der Waals surface area contributed by atoms with Crippen LogP contribution in [0.4, 0.5) is 0 Å². The Kier molecular flexibility index (Phi) is 3.71. The number of methoxy groups -OCH3 is 1. The van der Waals surface area contributed by atoms with Gasteiger partial charge in [0.15, 0.2) is 6.23 Å². The first-order valence-electron chi connectivity index (χ1n) is 5.51. The number of aliphatic hydroxyl groups is 3. The van der Waals surface area contributed by atoms with Gasteiger partial charge in [-0.2, -0.15) is 0 Å². The van der Waals surface area contributed by atoms with Crippen molar-refractivity contribution in [2.45, 2.75) is 24.5 Å². The smallest absolute Gasteiger partial charge is 0.330 e. The average molecular weight is 274 g/mol. The Labute approximate surface area is 106 Å². The van der Waals surface area contributed by atoms with E-state index in [0.717, 1.165) is 10.8 Å². The van der Waals surface area contributed by atoms with E-state index in [4.69, 9.17) is 14.6 Å². The van der Waals surface area contributed by atoms with E-state index in [1.54, 1.807) is 0 Å². The lowest BCUT2D eigenvalue weighted by molar-refractivity contribution is -0.0552. The van der Waals surface area contributed by atoms with Crippen LogP contribution >= 0.6 is 0 Å². The van der Waals surface area contributed by atoms with Gasteiger partial charge in [0.05, 0.1) is 19.9 Å². The zero-order valence-electron chi connectivity index (χ0n) is 10.0. The molecule has 1 aromatic rings. The molecule has 1 aliphatic heterocycles. The van der Waals surface area contributed by atoms with Crippen molar-refractivity contribution in [2.75, 3.05) is 13.7 Å². The fraction of sp³-hybridized carbons (Fsp3) is 0.600. The maximum Gasteiger partial charge on any atom is 0.330 e. The summed E-state index contributed by atoms with van der Waals surface area (Å²) in [6.07, 6.45) is -3.90. The quantitative estimate of drug-likeness (QED) is 0.466. The van der Waals surface area contributed by atoms with E-state index in [9.17, 15) is 19.8 Å². The summed E-state index contributed by atoms with van der Waals surface area (Å²) in [4.78, 5) is 25.0. The van der Waals surface area contributed by atoms with Crippen molar-refractivity contribution in [1.82, 2.24) is 9.55 Å². The van der Waals surface area contributed by atoms with E-state index in [-0.39, 0.29) is 5.75 Å². The third-order valence-corrected chi connectivity index (χ3v) is 2.95. The molecule has 2 heterocycles. The number of ether oxygens (including phenoxy) is 2.